The molecule has 0 aliphatic rings. The van der Waals surface area contributed by atoms with Crippen molar-refractivity contribution in [2.45, 2.75) is 19.4 Å². The Bertz CT molecular complexity index is 399. The van der Waals surface area contributed by atoms with Gasteiger partial charge in [0.1, 0.15) is 6.04 Å². The van der Waals surface area contributed by atoms with Crippen LogP contribution in [0.15, 0.2) is 27.6 Å². The number of rotatable bonds is 3. The minimum absolute atomic E-state index is 0.311. The summed E-state index contributed by atoms with van der Waals surface area (Å²) < 4.78 is 1.71. The van der Waals surface area contributed by atoms with Gasteiger partial charge in [0, 0.05) is 6.07 Å². The Kier molecular flexibility index (Phi) is 3.46. The molecule has 1 rings (SSSR count). The molecule has 0 aliphatic heterocycles. The number of aliphatic carboxylic acids is 1. The van der Waals surface area contributed by atoms with Crippen LogP contribution in [0, 0.1) is 0 Å². The summed E-state index contributed by atoms with van der Waals surface area (Å²) in [6.45, 7) is 1.73. The van der Waals surface area contributed by atoms with E-state index in [1.165, 1.54) is 10.6 Å². The van der Waals surface area contributed by atoms with Crippen molar-refractivity contribution in [2.75, 3.05) is 0 Å². The van der Waals surface area contributed by atoms with Crippen LogP contribution in [0.4, 0.5) is 0 Å². The number of hydrogen-bond donors (Lipinski definition) is 1. The average molecular weight is 260 g/mol. The second-order valence-electron chi connectivity index (χ2n) is 2.82. The molecular formula is C9H10BrNO3. The highest BCUT2D eigenvalue weighted by molar-refractivity contribution is 9.10. The van der Waals surface area contributed by atoms with Gasteiger partial charge in [-0.2, -0.15) is 0 Å². The number of carboxylic acids is 1. The van der Waals surface area contributed by atoms with Gasteiger partial charge >= 0.3 is 5.97 Å². The van der Waals surface area contributed by atoms with Crippen molar-refractivity contribution in [1.82, 2.24) is 4.57 Å². The number of hydrogen-bond acceptors (Lipinski definition) is 2. The first-order chi connectivity index (χ1) is 6.57. The Morgan fingerprint density at radius 1 is 1.64 bits per heavy atom. The first kappa shape index (κ1) is 11.0. The molecule has 1 N–H and O–H groups in total. The molecule has 1 heterocycles. The van der Waals surface area contributed by atoms with E-state index in [2.05, 4.69) is 15.9 Å². The van der Waals surface area contributed by atoms with Crippen LogP contribution in [0.25, 0.3) is 0 Å². The Morgan fingerprint density at radius 3 is 2.71 bits per heavy atom. The molecule has 0 aromatic carbocycles. The van der Waals surface area contributed by atoms with Crippen LogP contribution in [-0.2, 0) is 4.79 Å². The normalized spacial score (nSPS) is 12.4. The minimum atomic E-state index is -0.999. The van der Waals surface area contributed by atoms with Gasteiger partial charge in [-0.1, -0.05) is 13.0 Å². The monoisotopic (exact) mass is 259 g/mol. The Balaban J connectivity index is 3.29. The van der Waals surface area contributed by atoms with Gasteiger partial charge in [0.05, 0.1) is 4.60 Å². The number of carboxylic acid groups (broad SMARTS) is 1. The zero-order chi connectivity index (χ0) is 10.7. The first-order valence-corrected chi connectivity index (χ1v) is 4.97. The number of carbonyl (C=O) groups is 1. The maximum absolute atomic E-state index is 11.4. The summed E-state index contributed by atoms with van der Waals surface area (Å²) in [6.07, 6.45) is 0.373. The lowest BCUT2D eigenvalue weighted by Gasteiger charge is -2.14. The van der Waals surface area contributed by atoms with Gasteiger partial charge in [0.25, 0.3) is 5.56 Å². The van der Waals surface area contributed by atoms with Crippen molar-refractivity contribution in [3.05, 3.63) is 33.2 Å². The number of halogens is 1. The summed E-state index contributed by atoms with van der Waals surface area (Å²) in [7, 11) is 0. The van der Waals surface area contributed by atoms with Gasteiger partial charge in [-0.3, -0.25) is 9.36 Å². The third-order valence-electron chi connectivity index (χ3n) is 1.92. The fraction of sp³-hybridized carbons (Fsp3) is 0.333. The van der Waals surface area contributed by atoms with E-state index in [9.17, 15) is 9.59 Å². The maximum Gasteiger partial charge on any atom is 0.326 e. The molecule has 76 valence electrons. The third kappa shape index (κ3) is 2.04. The van der Waals surface area contributed by atoms with E-state index in [1.807, 2.05) is 0 Å². The molecule has 0 spiro atoms. The lowest BCUT2D eigenvalue weighted by molar-refractivity contribution is -0.141. The molecule has 0 bridgehead atoms. The van der Waals surface area contributed by atoms with Crippen LogP contribution in [-0.4, -0.2) is 15.6 Å². The highest BCUT2D eigenvalue weighted by Crippen LogP contribution is 2.16. The van der Waals surface area contributed by atoms with E-state index >= 15 is 0 Å². The lowest BCUT2D eigenvalue weighted by atomic mass is 10.2. The summed E-state index contributed by atoms with van der Waals surface area (Å²) in [4.78, 5) is 22.3. The molecule has 1 aromatic rings. The van der Waals surface area contributed by atoms with Gasteiger partial charge in [-0.15, -0.1) is 0 Å². The van der Waals surface area contributed by atoms with Gasteiger partial charge in [-0.25, -0.2) is 4.79 Å². The highest BCUT2D eigenvalue weighted by Gasteiger charge is 2.19. The molecule has 0 amide bonds. The van der Waals surface area contributed by atoms with Crippen molar-refractivity contribution in [2.24, 2.45) is 0 Å². The molecule has 1 atom stereocenters. The Labute approximate surface area is 89.3 Å². The van der Waals surface area contributed by atoms with E-state index in [0.29, 0.717) is 11.0 Å². The van der Waals surface area contributed by atoms with Crippen molar-refractivity contribution in [3.8, 4) is 0 Å². The first-order valence-electron chi connectivity index (χ1n) is 4.17. The van der Waals surface area contributed by atoms with Crippen LogP contribution in [0.2, 0.25) is 0 Å². The summed E-state index contributed by atoms with van der Waals surface area (Å²) in [5.41, 5.74) is -0.311. The zero-order valence-electron chi connectivity index (χ0n) is 7.61. The Morgan fingerprint density at radius 2 is 2.29 bits per heavy atom. The molecule has 0 saturated carbocycles. The van der Waals surface area contributed by atoms with E-state index < -0.39 is 12.0 Å². The van der Waals surface area contributed by atoms with Crippen molar-refractivity contribution >= 4 is 21.9 Å². The summed E-state index contributed by atoms with van der Waals surface area (Å²) >= 11 is 3.16. The summed E-state index contributed by atoms with van der Waals surface area (Å²) in [5.74, 6) is -0.999. The van der Waals surface area contributed by atoms with Gasteiger partial charge in [0.2, 0.25) is 0 Å². The average Bonchev–Trinajstić information content (AvgIpc) is 2.10. The lowest BCUT2D eigenvalue weighted by Crippen LogP contribution is -2.29. The van der Waals surface area contributed by atoms with Crippen LogP contribution >= 0.6 is 15.9 Å². The molecular weight excluding hydrogens is 250 g/mol. The van der Waals surface area contributed by atoms with Crippen molar-refractivity contribution in [3.63, 3.8) is 0 Å². The molecule has 0 aliphatic carbocycles. The van der Waals surface area contributed by atoms with Crippen molar-refractivity contribution < 1.29 is 9.90 Å². The van der Waals surface area contributed by atoms with Crippen LogP contribution in [0.3, 0.4) is 0 Å². The van der Waals surface area contributed by atoms with Crippen LogP contribution in [0.5, 0.6) is 0 Å². The second kappa shape index (κ2) is 4.41. The molecule has 5 heteroatoms. The van der Waals surface area contributed by atoms with E-state index in [0.717, 1.165) is 0 Å². The molecule has 14 heavy (non-hydrogen) atoms. The minimum Gasteiger partial charge on any atom is -0.480 e. The molecule has 0 fully saturated rings. The predicted octanol–water partition coefficient (Wildman–Crippen LogP) is 1.65. The molecule has 0 saturated heterocycles. The third-order valence-corrected chi connectivity index (χ3v) is 2.57. The SMILES string of the molecule is CCC(C(=O)O)n1c(Br)cccc1=O. The molecule has 0 radical (unpaired) electrons. The van der Waals surface area contributed by atoms with E-state index in [4.69, 9.17) is 5.11 Å². The summed E-state index contributed by atoms with van der Waals surface area (Å²) in [5, 5.41) is 8.90. The largest absolute Gasteiger partial charge is 0.480 e. The van der Waals surface area contributed by atoms with Crippen molar-refractivity contribution in [1.29, 1.82) is 0 Å². The fourth-order valence-corrected chi connectivity index (χ4v) is 1.82. The maximum atomic E-state index is 11.4. The topological polar surface area (TPSA) is 59.3 Å². The standard InChI is InChI=1S/C9H10BrNO3/c1-2-6(9(13)14)11-7(10)4-3-5-8(11)12/h3-6H,2H2,1H3,(H,13,14). The predicted molar refractivity (Wildman–Crippen MR) is 55.4 cm³/mol. The fourth-order valence-electron chi connectivity index (χ4n) is 1.25. The molecule has 1 aromatic heterocycles. The van der Waals surface area contributed by atoms with E-state index in [1.54, 1.807) is 19.1 Å². The second-order valence-corrected chi connectivity index (χ2v) is 3.63. The van der Waals surface area contributed by atoms with Gasteiger partial charge in [-0.05, 0) is 28.4 Å². The van der Waals surface area contributed by atoms with Crippen LogP contribution in [0.1, 0.15) is 19.4 Å². The van der Waals surface area contributed by atoms with Gasteiger partial charge in [0.15, 0.2) is 0 Å². The number of pyridine rings is 1. The van der Waals surface area contributed by atoms with Crippen LogP contribution < -0.4 is 5.56 Å². The quantitative estimate of drug-likeness (QED) is 0.840. The zero-order valence-corrected chi connectivity index (χ0v) is 9.19. The number of nitrogens with zero attached hydrogens (tertiary/aromatic N) is 1. The summed E-state index contributed by atoms with van der Waals surface area (Å²) in [6, 6.07) is 3.76. The van der Waals surface area contributed by atoms with Gasteiger partial charge < -0.3 is 5.11 Å². The highest BCUT2D eigenvalue weighted by atomic mass is 79.9. The molecule has 1 unspecified atom stereocenters. The number of aromatic nitrogens is 1. The molecule has 4 nitrogen and oxygen atoms in total. The Hall–Kier alpha value is -1.10. The smallest absolute Gasteiger partial charge is 0.326 e. The van der Waals surface area contributed by atoms with E-state index in [-0.39, 0.29) is 5.56 Å².